The first-order valence-corrected chi connectivity index (χ1v) is 7.62. The van der Waals surface area contributed by atoms with E-state index in [1.165, 1.54) is 18.4 Å². The first-order valence-electron chi connectivity index (χ1n) is 7.62. The molecular weight excluding hydrogens is 232 g/mol. The molecule has 0 radical (unpaired) electrons. The maximum absolute atomic E-state index is 5.88. The number of nitrogens with two attached hydrogens (primary N) is 1. The molecule has 2 N–H and O–H groups in total. The first kappa shape index (κ1) is 16.2. The molecule has 1 rings (SSSR count). The minimum absolute atomic E-state index is 0.671. The quantitative estimate of drug-likeness (QED) is 0.738. The zero-order chi connectivity index (χ0) is 14.1. The summed E-state index contributed by atoms with van der Waals surface area (Å²) in [6.45, 7) is 10.9. The van der Waals surface area contributed by atoms with Gasteiger partial charge in [-0.3, -0.25) is 4.90 Å². The number of hydrogen-bond donors (Lipinski definition) is 1. The molecule has 1 aromatic rings. The molecular formula is C17H30N2. The van der Waals surface area contributed by atoms with Crippen LogP contribution in [0.25, 0.3) is 0 Å². The van der Waals surface area contributed by atoms with Gasteiger partial charge >= 0.3 is 0 Å². The van der Waals surface area contributed by atoms with Crippen LogP contribution in [0.4, 0.5) is 0 Å². The summed E-state index contributed by atoms with van der Waals surface area (Å²) in [5.41, 5.74) is 7.28. The Morgan fingerprint density at radius 2 is 1.84 bits per heavy atom. The molecule has 0 spiro atoms. The van der Waals surface area contributed by atoms with Gasteiger partial charge in [0.05, 0.1) is 0 Å². The Morgan fingerprint density at radius 1 is 1.16 bits per heavy atom. The van der Waals surface area contributed by atoms with Crippen LogP contribution in [0.3, 0.4) is 0 Å². The highest BCUT2D eigenvalue weighted by Gasteiger charge is 2.11. The maximum atomic E-state index is 5.88. The van der Waals surface area contributed by atoms with Crippen LogP contribution in [0.2, 0.25) is 0 Å². The summed E-state index contributed by atoms with van der Waals surface area (Å²) in [4.78, 5) is 2.51. The Hall–Kier alpha value is -0.860. The van der Waals surface area contributed by atoms with Crippen LogP contribution in [0.15, 0.2) is 30.3 Å². The summed E-state index contributed by atoms with van der Waals surface area (Å²) in [6, 6.07) is 10.7. The molecule has 0 fully saturated rings. The second kappa shape index (κ2) is 9.11. The lowest BCUT2D eigenvalue weighted by molar-refractivity contribution is 0.246. The van der Waals surface area contributed by atoms with Crippen molar-refractivity contribution < 1.29 is 0 Å². The van der Waals surface area contributed by atoms with Crippen molar-refractivity contribution in [2.24, 2.45) is 17.6 Å². The fourth-order valence-electron chi connectivity index (χ4n) is 2.55. The van der Waals surface area contributed by atoms with Gasteiger partial charge in [0.2, 0.25) is 0 Å². The van der Waals surface area contributed by atoms with E-state index in [2.05, 4.69) is 56.0 Å². The summed E-state index contributed by atoms with van der Waals surface area (Å²) in [6.07, 6.45) is 2.47. The second-order valence-electron chi connectivity index (χ2n) is 5.87. The average molecular weight is 262 g/mol. The van der Waals surface area contributed by atoms with Gasteiger partial charge in [-0.2, -0.15) is 0 Å². The monoisotopic (exact) mass is 262 g/mol. The van der Waals surface area contributed by atoms with Gasteiger partial charge in [-0.25, -0.2) is 0 Å². The predicted molar refractivity (Wildman–Crippen MR) is 84.0 cm³/mol. The highest BCUT2D eigenvalue weighted by molar-refractivity contribution is 5.14. The minimum atomic E-state index is 0.671. The highest BCUT2D eigenvalue weighted by atomic mass is 15.1. The molecule has 0 saturated heterocycles. The highest BCUT2D eigenvalue weighted by Crippen LogP contribution is 2.15. The van der Waals surface area contributed by atoms with Gasteiger partial charge in [-0.1, -0.05) is 51.1 Å². The van der Waals surface area contributed by atoms with E-state index < -0.39 is 0 Å². The van der Waals surface area contributed by atoms with Crippen LogP contribution in [0.1, 0.15) is 39.2 Å². The standard InChI is InChI=1S/C17H30N2/c1-4-19(14-16-8-6-5-7-9-16)11-10-17(13-18)12-15(2)3/h5-9,15,17H,4,10-14,18H2,1-3H3. The molecule has 0 aromatic heterocycles. The molecule has 0 heterocycles. The van der Waals surface area contributed by atoms with E-state index >= 15 is 0 Å². The fourth-order valence-corrected chi connectivity index (χ4v) is 2.55. The van der Waals surface area contributed by atoms with Gasteiger partial charge in [0, 0.05) is 6.54 Å². The average Bonchev–Trinajstić information content (AvgIpc) is 2.42. The molecule has 2 heteroatoms. The predicted octanol–water partition coefficient (Wildman–Crippen LogP) is 3.52. The van der Waals surface area contributed by atoms with Gasteiger partial charge in [0.25, 0.3) is 0 Å². The summed E-state index contributed by atoms with van der Waals surface area (Å²) >= 11 is 0. The fraction of sp³-hybridized carbons (Fsp3) is 0.647. The van der Waals surface area contributed by atoms with Crippen LogP contribution in [0, 0.1) is 11.8 Å². The Morgan fingerprint density at radius 3 is 2.37 bits per heavy atom. The lowest BCUT2D eigenvalue weighted by atomic mass is 9.94. The van der Waals surface area contributed by atoms with E-state index in [-0.39, 0.29) is 0 Å². The molecule has 0 saturated carbocycles. The Kier molecular flexibility index (Phi) is 7.76. The van der Waals surface area contributed by atoms with Crippen molar-refractivity contribution in [2.45, 2.75) is 40.2 Å². The van der Waals surface area contributed by atoms with Crippen molar-refractivity contribution in [3.8, 4) is 0 Å². The van der Waals surface area contributed by atoms with E-state index in [0.717, 1.165) is 32.1 Å². The van der Waals surface area contributed by atoms with E-state index in [4.69, 9.17) is 5.73 Å². The molecule has 0 aliphatic heterocycles. The van der Waals surface area contributed by atoms with Crippen LogP contribution >= 0.6 is 0 Å². The Labute approximate surface area is 119 Å². The lowest BCUT2D eigenvalue weighted by Crippen LogP contribution is -2.28. The Bertz CT molecular complexity index is 321. The molecule has 1 atom stereocenters. The van der Waals surface area contributed by atoms with E-state index in [9.17, 15) is 0 Å². The van der Waals surface area contributed by atoms with Crippen LogP contribution in [0.5, 0.6) is 0 Å². The molecule has 2 nitrogen and oxygen atoms in total. The van der Waals surface area contributed by atoms with E-state index in [0.29, 0.717) is 5.92 Å². The summed E-state index contributed by atoms with van der Waals surface area (Å²) in [5, 5.41) is 0. The largest absolute Gasteiger partial charge is 0.330 e. The van der Waals surface area contributed by atoms with Crippen molar-refractivity contribution >= 4 is 0 Å². The van der Waals surface area contributed by atoms with Crippen molar-refractivity contribution in [2.75, 3.05) is 19.6 Å². The third-order valence-corrected chi connectivity index (χ3v) is 3.69. The van der Waals surface area contributed by atoms with Gasteiger partial charge in [0.1, 0.15) is 0 Å². The topological polar surface area (TPSA) is 29.3 Å². The summed E-state index contributed by atoms with van der Waals surface area (Å²) < 4.78 is 0. The molecule has 0 bridgehead atoms. The normalized spacial score (nSPS) is 13.2. The van der Waals surface area contributed by atoms with Crippen LogP contribution in [-0.2, 0) is 6.54 Å². The SMILES string of the molecule is CCN(CCC(CN)CC(C)C)Cc1ccccc1. The molecule has 0 aliphatic carbocycles. The molecule has 1 unspecified atom stereocenters. The van der Waals surface area contributed by atoms with Gasteiger partial charge in [0.15, 0.2) is 0 Å². The number of benzene rings is 1. The summed E-state index contributed by atoms with van der Waals surface area (Å²) in [7, 11) is 0. The lowest BCUT2D eigenvalue weighted by Gasteiger charge is -2.24. The van der Waals surface area contributed by atoms with Crippen molar-refractivity contribution in [1.82, 2.24) is 4.90 Å². The smallest absolute Gasteiger partial charge is 0.0233 e. The number of rotatable bonds is 9. The first-order chi connectivity index (χ1) is 9.15. The second-order valence-corrected chi connectivity index (χ2v) is 5.87. The Balaban J connectivity index is 2.39. The minimum Gasteiger partial charge on any atom is -0.330 e. The summed E-state index contributed by atoms with van der Waals surface area (Å²) in [5.74, 6) is 1.42. The molecule has 19 heavy (non-hydrogen) atoms. The van der Waals surface area contributed by atoms with Gasteiger partial charge in [-0.15, -0.1) is 0 Å². The van der Waals surface area contributed by atoms with Gasteiger partial charge in [-0.05, 0) is 49.9 Å². The molecule has 108 valence electrons. The van der Waals surface area contributed by atoms with Gasteiger partial charge < -0.3 is 5.73 Å². The van der Waals surface area contributed by atoms with E-state index in [1.54, 1.807) is 0 Å². The molecule has 0 aliphatic rings. The van der Waals surface area contributed by atoms with E-state index in [1.807, 2.05) is 0 Å². The van der Waals surface area contributed by atoms with Crippen LogP contribution < -0.4 is 5.73 Å². The zero-order valence-corrected chi connectivity index (χ0v) is 12.8. The van der Waals surface area contributed by atoms with Crippen molar-refractivity contribution in [3.63, 3.8) is 0 Å². The maximum Gasteiger partial charge on any atom is 0.0233 e. The molecule has 0 amide bonds. The third-order valence-electron chi connectivity index (χ3n) is 3.69. The van der Waals surface area contributed by atoms with Crippen molar-refractivity contribution in [3.05, 3.63) is 35.9 Å². The molecule has 1 aromatic carbocycles. The van der Waals surface area contributed by atoms with Crippen LogP contribution in [-0.4, -0.2) is 24.5 Å². The zero-order valence-electron chi connectivity index (χ0n) is 12.8. The number of hydrogen-bond acceptors (Lipinski definition) is 2. The third kappa shape index (κ3) is 6.74. The van der Waals surface area contributed by atoms with Crippen molar-refractivity contribution in [1.29, 1.82) is 0 Å². The number of nitrogens with zero attached hydrogens (tertiary/aromatic N) is 1.